The molecule has 0 saturated heterocycles. The molecule has 3 heteroatoms. The van der Waals surface area contributed by atoms with E-state index in [4.69, 9.17) is 0 Å². The van der Waals surface area contributed by atoms with E-state index in [1.54, 1.807) is 12.1 Å². The fourth-order valence-corrected chi connectivity index (χ4v) is 1.97. The van der Waals surface area contributed by atoms with Gasteiger partial charge in [-0.15, -0.1) is 0 Å². The van der Waals surface area contributed by atoms with Gasteiger partial charge in [-0.2, -0.15) is 0 Å². The number of aryl methyl sites for hydroxylation is 1. The number of fused-ring (bicyclic) bond motifs is 1. The molecule has 0 spiro atoms. The van der Waals surface area contributed by atoms with E-state index in [-0.39, 0.29) is 5.75 Å². The van der Waals surface area contributed by atoms with Crippen LogP contribution in [0.25, 0.3) is 16.9 Å². The van der Waals surface area contributed by atoms with Gasteiger partial charge in [0.05, 0.1) is 11.7 Å². The summed E-state index contributed by atoms with van der Waals surface area (Å²) in [5.41, 5.74) is 3.18. The van der Waals surface area contributed by atoms with Crippen molar-refractivity contribution in [2.75, 3.05) is 0 Å². The van der Waals surface area contributed by atoms with Crippen molar-refractivity contribution in [2.45, 2.75) is 6.92 Å². The van der Waals surface area contributed by atoms with Gasteiger partial charge in [0.1, 0.15) is 11.6 Å². The fraction of sp³-hybridized carbons (Fsp3) is 0.0714. The molecule has 3 aromatic rings. The second kappa shape index (κ2) is 3.63. The molecule has 1 aromatic carbocycles. The minimum absolute atomic E-state index is 0.256. The Bertz CT molecular complexity index is 686. The van der Waals surface area contributed by atoms with Crippen LogP contribution >= 0.6 is 0 Å². The Kier molecular flexibility index (Phi) is 2.11. The Hall–Kier alpha value is -2.29. The van der Waals surface area contributed by atoms with Crippen LogP contribution in [0.15, 0.2) is 48.8 Å². The summed E-state index contributed by atoms with van der Waals surface area (Å²) in [4.78, 5) is 4.40. The Morgan fingerprint density at radius 1 is 1.18 bits per heavy atom. The smallest absolute Gasteiger partial charge is 0.144 e. The Balaban J connectivity index is 2.24. The minimum Gasteiger partial charge on any atom is -0.508 e. The number of benzene rings is 1. The van der Waals surface area contributed by atoms with Gasteiger partial charge in [0.2, 0.25) is 0 Å². The van der Waals surface area contributed by atoms with Crippen molar-refractivity contribution in [1.82, 2.24) is 9.38 Å². The lowest BCUT2D eigenvalue weighted by atomic mass is 10.2. The van der Waals surface area contributed by atoms with E-state index in [1.165, 1.54) is 5.56 Å². The summed E-state index contributed by atoms with van der Waals surface area (Å²) in [6, 6.07) is 11.3. The average molecular weight is 224 g/mol. The zero-order valence-electron chi connectivity index (χ0n) is 9.46. The van der Waals surface area contributed by atoms with Crippen LogP contribution in [0.3, 0.4) is 0 Å². The Labute approximate surface area is 99.0 Å². The molecule has 17 heavy (non-hydrogen) atoms. The minimum atomic E-state index is 0.256. The molecule has 0 bridgehead atoms. The van der Waals surface area contributed by atoms with Gasteiger partial charge in [-0.3, -0.25) is 4.40 Å². The van der Waals surface area contributed by atoms with Crippen molar-refractivity contribution < 1.29 is 5.11 Å². The Morgan fingerprint density at radius 3 is 2.88 bits per heavy atom. The number of nitrogens with zero attached hydrogens (tertiary/aromatic N) is 2. The zero-order valence-corrected chi connectivity index (χ0v) is 9.46. The van der Waals surface area contributed by atoms with Gasteiger partial charge in [-0.05, 0) is 36.8 Å². The fourth-order valence-electron chi connectivity index (χ4n) is 1.97. The first kappa shape index (κ1) is 9.90. The molecule has 3 rings (SSSR count). The third kappa shape index (κ3) is 1.65. The van der Waals surface area contributed by atoms with E-state index in [2.05, 4.69) is 18.0 Å². The van der Waals surface area contributed by atoms with Crippen LogP contribution in [-0.4, -0.2) is 14.5 Å². The highest BCUT2D eigenvalue weighted by molar-refractivity contribution is 5.64. The summed E-state index contributed by atoms with van der Waals surface area (Å²) < 4.78 is 2.02. The molecule has 0 amide bonds. The molecule has 1 N–H and O–H groups in total. The summed E-state index contributed by atoms with van der Waals surface area (Å²) in [6.07, 6.45) is 3.84. The maximum absolute atomic E-state index is 9.49. The lowest BCUT2D eigenvalue weighted by Gasteiger charge is -2.02. The van der Waals surface area contributed by atoms with Crippen LogP contribution in [-0.2, 0) is 0 Å². The summed E-state index contributed by atoms with van der Waals surface area (Å²) in [6.45, 7) is 2.06. The molecule has 0 unspecified atom stereocenters. The van der Waals surface area contributed by atoms with Crippen LogP contribution in [0.4, 0.5) is 0 Å². The van der Waals surface area contributed by atoms with Crippen molar-refractivity contribution in [3.8, 4) is 17.1 Å². The van der Waals surface area contributed by atoms with Crippen molar-refractivity contribution in [1.29, 1.82) is 0 Å². The molecule has 0 aliphatic rings. The lowest BCUT2D eigenvalue weighted by Crippen LogP contribution is -1.89. The van der Waals surface area contributed by atoms with Gasteiger partial charge in [0.25, 0.3) is 0 Å². The number of pyridine rings is 1. The summed E-state index contributed by atoms with van der Waals surface area (Å²) in [7, 11) is 0. The third-order valence-corrected chi connectivity index (χ3v) is 2.79. The second-order valence-electron chi connectivity index (χ2n) is 4.13. The first-order valence-electron chi connectivity index (χ1n) is 5.47. The average Bonchev–Trinajstić information content (AvgIpc) is 2.71. The second-order valence-corrected chi connectivity index (χ2v) is 4.13. The molecule has 0 aliphatic heterocycles. The van der Waals surface area contributed by atoms with Gasteiger partial charge >= 0.3 is 0 Å². The monoisotopic (exact) mass is 224 g/mol. The van der Waals surface area contributed by atoms with Crippen molar-refractivity contribution in [3.63, 3.8) is 0 Å². The number of hydrogen-bond acceptors (Lipinski definition) is 2. The number of imidazole rings is 1. The van der Waals surface area contributed by atoms with Gasteiger partial charge < -0.3 is 5.11 Å². The number of hydrogen-bond donors (Lipinski definition) is 1. The van der Waals surface area contributed by atoms with Crippen molar-refractivity contribution in [2.24, 2.45) is 0 Å². The van der Waals surface area contributed by atoms with Crippen LogP contribution in [0, 0.1) is 6.92 Å². The predicted molar refractivity (Wildman–Crippen MR) is 67.0 cm³/mol. The van der Waals surface area contributed by atoms with E-state index in [0.29, 0.717) is 0 Å². The highest BCUT2D eigenvalue weighted by Crippen LogP contribution is 2.23. The normalized spacial score (nSPS) is 10.9. The topological polar surface area (TPSA) is 37.5 Å². The third-order valence-electron chi connectivity index (χ3n) is 2.79. The van der Waals surface area contributed by atoms with E-state index in [0.717, 1.165) is 16.9 Å². The maximum Gasteiger partial charge on any atom is 0.144 e. The summed E-state index contributed by atoms with van der Waals surface area (Å²) in [5.74, 6) is 1.10. The summed E-state index contributed by atoms with van der Waals surface area (Å²) in [5, 5.41) is 9.49. The zero-order chi connectivity index (χ0) is 11.8. The number of rotatable bonds is 1. The SMILES string of the molecule is Cc1ccn2c(-c3cccc(O)c3)ncc2c1. The molecule has 0 radical (unpaired) electrons. The van der Waals surface area contributed by atoms with Crippen molar-refractivity contribution in [3.05, 3.63) is 54.4 Å². The van der Waals surface area contributed by atoms with Gasteiger partial charge in [-0.25, -0.2) is 4.98 Å². The predicted octanol–water partition coefficient (Wildman–Crippen LogP) is 3.02. The van der Waals surface area contributed by atoms with E-state index >= 15 is 0 Å². The van der Waals surface area contributed by atoms with Crippen LogP contribution in [0.2, 0.25) is 0 Å². The van der Waals surface area contributed by atoms with Gasteiger partial charge in [0, 0.05) is 11.8 Å². The number of phenolic OH excluding ortho intramolecular Hbond substituents is 1. The lowest BCUT2D eigenvalue weighted by molar-refractivity contribution is 0.475. The molecule has 0 aliphatic carbocycles. The van der Waals surface area contributed by atoms with Crippen molar-refractivity contribution >= 4 is 5.52 Å². The molecule has 84 valence electrons. The van der Waals surface area contributed by atoms with Crippen LogP contribution < -0.4 is 0 Å². The molecular formula is C14H12N2O. The Morgan fingerprint density at radius 2 is 2.06 bits per heavy atom. The quantitative estimate of drug-likeness (QED) is 0.690. The molecule has 3 nitrogen and oxygen atoms in total. The molecule has 0 saturated carbocycles. The van der Waals surface area contributed by atoms with Crippen LogP contribution in [0.1, 0.15) is 5.56 Å². The first-order valence-corrected chi connectivity index (χ1v) is 5.47. The molecule has 0 fully saturated rings. The molecule has 0 atom stereocenters. The number of aromatic nitrogens is 2. The highest BCUT2D eigenvalue weighted by Gasteiger charge is 2.06. The maximum atomic E-state index is 9.49. The first-order chi connectivity index (χ1) is 8.24. The standard InChI is InChI=1S/C14H12N2O/c1-10-5-6-16-12(7-10)9-15-14(16)11-3-2-4-13(17)8-11/h2-9,17H,1H3. The van der Waals surface area contributed by atoms with Gasteiger partial charge in [0.15, 0.2) is 0 Å². The van der Waals surface area contributed by atoms with E-state index < -0.39 is 0 Å². The molecule has 2 aromatic heterocycles. The largest absolute Gasteiger partial charge is 0.508 e. The van der Waals surface area contributed by atoms with E-state index in [1.807, 2.05) is 35.0 Å². The summed E-state index contributed by atoms with van der Waals surface area (Å²) >= 11 is 0. The highest BCUT2D eigenvalue weighted by atomic mass is 16.3. The molecular weight excluding hydrogens is 212 g/mol. The van der Waals surface area contributed by atoms with Gasteiger partial charge in [-0.1, -0.05) is 12.1 Å². The number of phenols is 1. The molecule has 2 heterocycles. The van der Waals surface area contributed by atoms with Crippen LogP contribution in [0.5, 0.6) is 5.75 Å². The number of aromatic hydroxyl groups is 1. The van der Waals surface area contributed by atoms with E-state index in [9.17, 15) is 5.11 Å².